The summed E-state index contributed by atoms with van der Waals surface area (Å²) in [5.74, 6) is 1.19. The molecule has 92 valence electrons. The summed E-state index contributed by atoms with van der Waals surface area (Å²) in [6.45, 7) is 2.14. The third-order valence-electron chi connectivity index (χ3n) is 5.01. The molecule has 0 aromatic heterocycles. The standard InChI is InChI=1S/C13H23NO2/c15-12-6-5-9-7-14(8-10(9)12)11-3-1-2-4-13(11)16/h9-13,15-16H,1-8H2/t9?,10?,11-,12?,13-/m1/s1. The van der Waals surface area contributed by atoms with Crippen LogP contribution in [0.5, 0.6) is 0 Å². The molecular formula is C13H23NO2. The van der Waals surface area contributed by atoms with E-state index >= 15 is 0 Å². The molecule has 3 nitrogen and oxygen atoms in total. The van der Waals surface area contributed by atoms with Gasteiger partial charge in [-0.2, -0.15) is 0 Å². The molecule has 3 aliphatic rings. The van der Waals surface area contributed by atoms with Crippen LogP contribution in [0.1, 0.15) is 38.5 Å². The predicted molar refractivity (Wildman–Crippen MR) is 62.1 cm³/mol. The van der Waals surface area contributed by atoms with E-state index in [-0.39, 0.29) is 12.2 Å². The van der Waals surface area contributed by atoms with Crippen molar-refractivity contribution in [3.8, 4) is 0 Å². The Hall–Kier alpha value is -0.120. The molecule has 0 aromatic rings. The lowest BCUT2D eigenvalue weighted by molar-refractivity contribution is 0.0228. The van der Waals surface area contributed by atoms with Crippen LogP contribution in [0.3, 0.4) is 0 Å². The topological polar surface area (TPSA) is 43.7 Å². The maximum atomic E-state index is 10.1. The minimum absolute atomic E-state index is 0.0734. The highest BCUT2D eigenvalue weighted by atomic mass is 16.3. The molecule has 1 aliphatic heterocycles. The Labute approximate surface area is 97.4 Å². The van der Waals surface area contributed by atoms with Gasteiger partial charge in [0.1, 0.15) is 0 Å². The van der Waals surface area contributed by atoms with E-state index in [0.29, 0.717) is 17.9 Å². The molecule has 16 heavy (non-hydrogen) atoms. The van der Waals surface area contributed by atoms with Gasteiger partial charge in [0.25, 0.3) is 0 Å². The van der Waals surface area contributed by atoms with Gasteiger partial charge in [-0.15, -0.1) is 0 Å². The Morgan fingerprint density at radius 3 is 2.38 bits per heavy atom. The number of likely N-dealkylation sites (tertiary alicyclic amines) is 1. The van der Waals surface area contributed by atoms with Gasteiger partial charge in [-0.05, 0) is 31.6 Å². The normalized spacial score (nSPS) is 49.5. The number of nitrogens with zero attached hydrogens (tertiary/aromatic N) is 1. The summed E-state index contributed by atoms with van der Waals surface area (Å²) in [4.78, 5) is 2.46. The van der Waals surface area contributed by atoms with Crippen LogP contribution in [-0.4, -0.2) is 46.5 Å². The second-order valence-corrected chi connectivity index (χ2v) is 5.94. The zero-order valence-corrected chi connectivity index (χ0v) is 9.89. The highest BCUT2D eigenvalue weighted by Crippen LogP contribution is 2.40. The van der Waals surface area contributed by atoms with Crippen molar-refractivity contribution in [1.82, 2.24) is 4.90 Å². The van der Waals surface area contributed by atoms with Gasteiger partial charge in [-0.25, -0.2) is 0 Å². The number of fused-ring (bicyclic) bond motifs is 1. The average Bonchev–Trinajstić information content (AvgIpc) is 2.82. The van der Waals surface area contributed by atoms with Gasteiger partial charge in [-0.1, -0.05) is 12.8 Å². The van der Waals surface area contributed by atoms with Crippen molar-refractivity contribution in [2.24, 2.45) is 11.8 Å². The second kappa shape index (κ2) is 4.28. The van der Waals surface area contributed by atoms with E-state index < -0.39 is 0 Å². The molecule has 2 N–H and O–H groups in total. The zero-order valence-electron chi connectivity index (χ0n) is 9.89. The van der Waals surface area contributed by atoms with Gasteiger partial charge in [0.15, 0.2) is 0 Å². The van der Waals surface area contributed by atoms with Crippen LogP contribution in [0, 0.1) is 11.8 Å². The summed E-state index contributed by atoms with van der Waals surface area (Å²) in [6, 6.07) is 0.381. The highest BCUT2D eigenvalue weighted by Gasteiger charge is 2.44. The van der Waals surface area contributed by atoms with Gasteiger partial charge < -0.3 is 10.2 Å². The average molecular weight is 225 g/mol. The molecular weight excluding hydrogens is 202 g/mol. The molecule has 1 heterocycles. The van der Waals surface area contributed by atoms with Crippen molar-refractivity contribution < 1.29 is 10.2 Å². The molecule has 0 spiro atoms. The van der Waals surface area contributed by atoms with Crippen LogP contribution in [0.4, 0.5) is 0 Å². The molecule has 0 aromatic carbocycles. The van der Waals surface area contributed by atoms with Crippen molar-refractivity contribution >= 4 is 0 Å². The number of aliphatic hydroxyl groups is 2. The first-order valence-electron chi connectivity index (χ1n) is 6.86. The Balaban J connectivity index is 1.64. The maximum absolute atomic E-state index is 10.1. The quantitative estimate of drug-likeness (QED) is 0.699. The molecule has 2 saturated carbocycles. The Bertz CT molecular complexity index is 258. The first-order chi connectivity index (χ1) is 7.75. The molecule has 3 fully saturated rings. The fourth-order valence-electron chi connectivity index (χ4n) is 4.06. The summed E-state index contributed by atoms with van der Waals surface area (Å²) in [7, 11) is 0. The van der Waals surface area contributed by atoms with Gasteiger partial charge in [0, 0.05) is 25.0 Å². The molecule has 0 radical (unpaired) electrons. The number of hydrogen-bond acceptors (Lipinski definition) is 3. The molecule has 1 saturated heterocycles. The predicted octanol–water partition coefficient (Wildman–Crippen LogP) is 0.993. The smallest absolute Gasteiger partial charge is 0.0695 e. The maximum Gasteiger partial charge on any atom is 0.0695 e. The second-order valence-electron chi connectivity index (χ2n) is 5.94. The van der Waals surface area contributed by atoms with Crippen LogP contribution in [0.15, 0.2) is 0 Å². The van der Waals surface area contributed by atoms with E-state index in [2.05, 4.69) is 4.90 Å². The minimum Gasteiger partial charge on any atom is -0.393 e. The van der Waals surface area contributed by atoms with E-state index in [0.717, 1.165) is 32.4 Å². The third-order valence-corrected chi connectivity index (χ3v) is 5.01. The van der Waals surface area contributed by atoms with Crippen molar-refractivity contribution in [2.45, 2.75) is 56.8 Å². The van der Waals surface area contributed by atoms with Crippen LogP contribution in [0.2, 0.25) is 0 Å². The number of aliphatic hydroxyl groups excluding tert-OH is 2. The summed E-state index contributed by atoms with van der Waals surface area (Å²) in [5, 5.41) is 19.9. The van der Waals surface area contributed by atoms with Crippen LogP contribution in [-0.2, 0) is 0 Å². The third kappa shape index (κ3) is 1.79. The van der Waals surface area contributed by atoms with E-state index in [1.54, 1.807) is 0 Å². The summed E-state index contributed by atoms with van der Waals surface area (Å²) < 4.78 is 0. The van der Waals surface area contributed by atoms with Gasteiger partial charge >= 0.3 is 0 Å². The Morgan fingerprint density at radius 1 is 0.812 bits per heavy atom. The number of hydrogen-bond donors (Lipinski definition) is 2. The van der Waals surface area contributed by atoms with E-state index in [1.165, 1.54) is 19.3 Å². The fraction of sp³-hybridized carbons (Fsp3) is 1.00. The van der Waals surface area contributed by atoms with Gasteiger partial charge in [0.2, 0.25) is 0 Å². The van der Waals surface area contributed by atoms with E-state index in [1.807, 2.05) is 0 Å². The summed E-state index contributed by atoms with van der Waals surface area (Å²) >= 11 is 0. The lowest BCUT2D eigenvalue weighted by atomic mass is 9.91. The van der Waals surface area contributed by atoms with Crippen LogP contribution < -0.4 is 0 Å². The molecule has 3 rings (SSSR count). The fourth-order valence-corrected chi connectivity index (χ4v) is 4.06. The first-order valence-corrected chi connectivity index (χ1v) is 6.86. The van der Waals surface area contributed by atoms with Crippen molar-refractivity contribution in [3.05, 3.63) is 0 Å². The Kier molecular flexibility index (Phi) is 2.94. The molecule has 0 bridgehead atoms. The van der Waals surface area contributed by atoms with E-state index in [4.69, 9.17) is 0 Å². The highest BCUT2D eigenvalue weighted by molar-refractivity contribution is 4.97. The zero-order chi connectivity index (χ0) is 11.1. The molecule has 0 amide bonds. The SMILES string of the molecule is OC1CCC2CN([C@@H]3CCCC[C@H]3O)CC12. The molecule has 3 unspecified atom stereocenters. The van der Waals surface area contributed by atoms with Crippen molar-refractivity contribution in [2.75, 3.05) is 13.1 Å². The summed E-state index contributed by atoms with van der Waals surface area (Å²) in [6.07, 6.45) is 6.55. The Morgan fingerprint density at radius 2 is 1.62 bits per heavy atom. The first kappa shape index (κ1) is 11.0. The van der Waals surface area contributed by atoms with Gasteiger partial charge in [-0.3, -0.25) is 4.90 Å². The lowest BCUT2D eigenvalue weighted by Gasteiger charge is -2.35. The van der Waals surface area contributed by atoms with Gasteiger partial charge in [0.05, 0.1) is 12.2 Å². The number of rotatable bonds is 1. The van der Waals surface area contributed by atoms with Crippen LogP contribution >= 0.6 is 0 Å². The monoisotopic (exact) mass is 225 g/mol. The minimum atomic E-state index is -0.121. The molecule has 2 aliphatic carbocycles. The van der Waals surface area contributed by atoms with E-state index in [9.17, 15) is 10.2 Å². The van der Waals surface area contributed by atoms with Crippen LogP contribution in [0.25, 0.3) is 0 Å². The molecule has 5 atom stereocenters. The lowest BCUT2D eigenvalue weighted by Crippen LogP contribution is -2.45. The van der Waals surface area contributed by atoms with Crippen molar-refractivity contribution in [3.63, 3.8) is 0 Å². The summed E-state index contributed by atoms with van der Waals surface area (Å²) in [5.41, 5.74) is 0. The van der Waals surface area contributed by atoms with Crippen molar-refractivity contribution in [1.29, 1.82) is 0 Å². The molecule has 3 heteroatoms. The largest absolute Gasteiger partial charge is 0.393 e.